The van der Waals surface area contributed by atoms with Crippen molar-refractivity contribution in [2.75, 3.05) is 9.80 Å². The van der Waals surface area contributed by atoms with Gasteiger partial charge in [0.25, 0.3) is 0 Å². The molecule has 8 heteroatoms. The second-order valence-corrected chi connectivity index (χ2v) is 26.4. The Morgan fingerprint density at radius 1 is 0.455 bits per heavy atom. The zero-order valence-corrected chi connectivity index (χ0v) is 53.3. The number of hydrogen-bond donors (Lipinski definition) is 0. The molecule has 15 rings (SSSR count). The standard InChI is InChI=1S/C80H67N6O.Pt/c1-77(2,3)54-36-38-55(39-37-54)80(66-30-18-16-28-62(66)63-29-17-19-31-67(63)80)58-44-59(49-61(45-58)87-60-40-41-72-73(50-60)86(74-48-56(42-43-81-74)78(4,5)6)76-82-68-32-20-21-33-69(68)85(72)76)83-51-84(71-35-23-22-34-70(71)83)75-64(52-24-12-10-13-25-52)46-57(79(7,8)9)47-65(75)53-26-14-11-15-27-53;/h10-48,51H,1-9H3;/q-3;. The Bertz CT molecular complexity index is 4720. The summed E-state index contributed by atoms with van der Waals surface area (Å²) < 4.78 is 11.7. The molecule has 436 valence electrons. The van der Waals surface area contributed by atoms with Gasteiger partial charge in [-0.2, -0.15) is 0 Å². The Labute approximate surface area is 530 Å². The van der Waals surface area contributed by atoms with E-state index in [0.717, 1.165) is 89.8 Å². The van der Waals surface area contributed by atoms with Crippen LogP contribution < -0.4 is 14.5 Å². The molecular formula is C80H67N6OPt-3. The van der Waals surface area contributed by atoms with Crippen LogP contribution in [0.25, 0.3) is 67.0 Å². The molecule has 0 atom stereocenters. The van der Waals surface area contributed by atoms with E-state index >= 15 is 0 Å². The summed E-state index contributed by atoms with van der Waals surface area (Å²) in [7, 11) is 0. The summed E-state index contributed by atoms with van der Waals surface area (Å²) in [5.41, 5.74) is 21.8. The zero-order chi connectivity index (χ0) is 59.6. The van der Waals surface area contributed by atoms with Crippen molar-refractivity contribution in [3.05, 3.63) is 294 Å². The average Bonchev–Trinajstić information content (AvgIpc) is 1.66. The van der Waals surface area contributed by atoms with Crippen LogP contribution in [-0.2, 0) is 42.7 Å². The fraction of sp³-hybridized carbons (Fsp3) is 0.163. The van der Waals surface area contributed by atoms with Crippen molar-refractivity contribution in [1.29, 1.82) is 0 Å². The number of para-hydroxylation sites is 4. The Kier molecular flexibility index (Phi) is 13.6. The molecule has 3 aromatic heterocycles. The second kappa shape index (κ2) is 21.2. The minimum Gasteiger partial charge on any atom is -0.509 e. The Morgan fingerprint density at radius 2 is 1.02 bits per heavy atom. The summed E-state index contributed by atoms with van der Waals surface area (Å²) in [6.07, 6.45) is 1.90. The Balaban J connectivity index is 0.00000680. The number of aromatic nitrogens is 4. The summed E-state index contributed by atoms with van der Waals surface area (Å²) >= 11 is 0. The molecule has 0 saturated carbocycles. The molecule has 0 amide bonds. The molecule has 1 aliphatic carbocycles. The summed E-state index contributed by atoms with van der Waals surface area (Å²) in [5.74, 6) is 2.58. The van der Waals surface area contributed by atoms with Crippen molar-refractivity contribution in [2.45, 2.75) is 84.0 Å². The van der Waals surface area contributed by atoms with Gasteiger partial charge in [0.1, 0.15) is 5.82 Å². The molecule has 0 fully saturated rings. The van der Waals surface area contributed by atoms with Crippen molar-refractivity contribution in [1.82, 2.24) is 18.9 Å². The molecule has 1 aliphatic heterocycles. The first-order chi connectivity index (χ1) is 42.0. The first-order valence-electron chi connectivity index (χ1n) is 30.2. The normalized spacial score (nSPS) is 13.6. The SMILES string of the molecule is CC(C)(C)c1ccc(C2(c3cc(Oc4[c-]c5c(cc4)n4c6ccccc6nc4n5-c4cc(C(C)(C)C)ccn4)[c-]c(N4[CH-]N(c5c(-c6ccccc6)cc(C(C)(C)C)cc5-c5ccccc5)c5ccccc54)c3)c3ccccc3-c3ccccc32)cc1.[Pt]. The predicted molar refractivity (Wildman–Crippen MR) is 357 cm³/mol. The van der Waals surface area contributed by atoms with Crippen LogP contribution in [-0.4, -0.2) is 18.9 Å². The number of hydrogen-bond acceptors (Lipinski definition) is 5. The van der Waals surface area contributed by atoms with Gasteiger partial charge >= 0.3 is 0 Å². The summed E-state index contributed by atoms with van der Waals surface area (Å²) in [4.78, 5) is 15.0. The number of imidazole rings is 2. The molecule has 2 aliphatic rings. The predicted octanol–water partition coefficient (Wildman–Crippen LogP) is 20.2. The van der Waals surface area contributed by atoms with E-state index in [1.165, 1.54) is 38.9 Å². The average molecular weight is 1320 g/mol. The molecule has 0 spiro atoms. The smallest absolute Gasteiger partial charge is 0.208 e. The van der Waals surface area contributed by atoms with E-state index in [2.05, 4.69) is 318 Å². The fourth-order valence-electron chi connectivity index (χ4n) is 13.4. The number of benzene rings is 10. The Morgan fingerprint density at radius 3 is 1.65 bits per heavy atom. The van der Waals surface area contributed by atoms with Gasteiger partial charge in [0.05, 0.1) is 11.0 Å². The van der Waals surface area contributed by atoms with Crippen LogP contribution in [0.1, 0.15) is 101 Å². The van der Waals surface area contributed by atoms with Crippen molar-refractivity contribution in [3.63, 3.8) is 0 Å². The molecular weight excluding hydrogens is 1260 g/mol. The van der Waals surface area contributed by atoms with Crippen molar-refractivity contribution in [3.8, 4) is 50.7 Å². The van der Waals surface area contributed by atoms with Crippen LogP contribution in [0.15, 0.2) is 237 Å². The van der Waals surface area contributed by atoms with Crippen LogP contribution in [0.2, 0.25) is 0 Å². The molecule has 13 aromatic rings. The first-order valence-corrected chi connectivity index (χ1v) is 30.2. The fourth-order valence-corrected chi connectivity index (χ4v) is 13.4. The van der Waals surface area contributed by atoms with Gasteiger partial charge in [-0.25, -0.2) is 9.97 Å². The van der Waals surface area contributed by atoms with Gasteiger partial charge in [-0.05, 0) is 131 Å². The van der Waals surface area contributed by atoms with E-state index in [0.29, 0.717) is 11.5 Å². The van der Waals surface area contributed by atoms with E-state index in [1.807, 2.05) is 18.3 Å². The van der Waals surface area contributed by atoms with E-state index in [1.54, 1.807) is 0 Å². The van der Waals surface area contributed by atoms with Crippen molar-refractivity contribution >= 4 is 50.6 Å². The van der Waals surface area contributed by atoms with Crippen molar-refractivity contribution < 1.29 is 25.8 Å². The van der Waals surface area contributed by atoms with Gasteiger partial charge in [0.15, 0.2) is 0 Å². The maximum Gasteiger partial charge on any atom is 0.208 e. The molecule has 0 unspecified atom stereocenters. The number of pyridine rings is 1. The Hall–Kier alpha value is -9.29. The van der Waals surface area contributed by atoms with E-state index in [-0.39, 0.29) is 37.3 Å². The van der Waals surface area contributed by atoms with E-state index in [4.69, 9.17) is 14.7 Å². The molecule has 88 heavy (non-hydrogen) atoms. The van der Waals surface area contributed by atoms with Crippen LogP contribution in [0, 0.1) is 18.8 Å². The first kappa shape index (κ1) is 56.5. The third kappa shape index (κ3) is 9.28. The molecule has 0 saturated heterocycles. The van der Waals surface area contributed by atoms with Crippen LogP contribution in [0.5, 0.6) is 11.5 Å². The largest absolute Gasteiger partial charge is 0.509 e. The van der Waals surface area contributed by atoms with Gasteiger partial charge in [0.2, 0.25) is 5.78 Å². The van der Waals surface area contributed by atoms with Crippen LogP contribution in [0.4, 0.5) is 22.7 Å². The van der Waals surface area contributed by atoms with Gasteiger partial charge in [0, 0.05) is 72.4 Å². The van der Waals surface area contributed by atoms with Gasteiger partial charge in [-0.3, -0.25) is 4.57 Å². The maximum absolute atomic E-state index is 7.41. The molecule has 4 heterocycles. The van der Waals surface area contributed by atoms with E-state index in [9.17, 15) is 0 Å². The van der Waals surface area contributed by atoms with Gasteiger partial charge < -0.3 is 18.9 Å². The van der Waals surface area contributed by atoms with Crippen LogP contribution in [0.3, 0.4) is 0 Å². The topological polar surface area (TPSA) is 50.8 Å². The molecule has 7 nitrogen and oxygen atoms in total. The molecule has 0 N–H and O–H groups in total. The van der Waals surface area contributed by atoms with Gasteiger partial charge in [-0.1, -0.05) is 220 Å². The number of ether oxygens (including phenoxy) is 1. The number of fused-ring (bicyclic) bond motifs is 9. The number of nitrogens with zero attached hydrogens (tertiary/aromatic N) is 6. The van der Waals surface area contributed by atoms with Crippen LogP contribution >= 0.6 is 0 Å². The zero-order valence-electron chi connectivity index (χ0n) is 51.0. The minimum atomic E-state index is -0.785. The van der Waals surface area contributed by atoms with Gasteiger partial charge in [-0.15, -0.1) is 54.3 Å². The van der Waals surface area contributed by atoms with Crippen molar-refractivity contribution in [2.24, 2.45) is 0 Å². The number of anilines is 4. The summed E-state index contributed by atoms with van der Waals surface area (Å²) in [6.45, 7) is 22.7. The molecule has 10 aromatic carbocycles. The second-order valence-electron chi connectivity index (χ2n) is 26.4. The quantitative estimate of drug-likeness (QED) is 0.135. The van der Waals surface area contributed by atoms with E-state index < -0.39 is 5.41 Å². The minimum absolute atomic E-state index is 0. The molecule has 0 radical (unpaired) electrons. The maximum atomic E-state index is 7.41. The summed E-state index contributed by atoms with van der Waals surface area (Å²) in [6, 6.07) is 91.5. The summed E-state index contributed by atoms with van der Waals surface area (Å²) in [5, 5.41) is 0. The third-order valence-electron chi connectivity index (χ3n) is 17.8. The number of rotatable bonds is 9. The molecule has 0 bridgehead atoms. The third-order valence-corrected chi connectivity index (χ3v) is 17.8. The monoisotopic (exact) mass is 1320 g/mol.